The number of halogens is 2. The van der Waals surface area contributed by atoms with Crippen LogP contribution >= 0.6 is 38.5 Å². The SMILES string of the molecule is Cc1cc(Br)c(O)c(C=Nc2ccccc2I)c1. The average Bonchev–Trinajstić information content (AvgIpc) is 2.33. The van der Waals surface area contributed by atoms with Crippen molar-refractivity contribution < 1.29 is 5.11 Å². The molecule has 2 rings (SSSR count). The molecule has 4 heteroatoms. The minimum absolute atomic E-state index is 0.218. The molecule has 0 bridgehead atoms. The third-order valence-corrected chi connectivity index (χ3v) is 3.95. The van der Waals surface area contributed by atoms with Crippen LogP contribution in [0.25, 0.3) is 0 Å². The lowest BCUT2D eigenvalue weighted by Crippen LogP contribution is -1.86. The molecule has 0 aromatic heterocycles. The second-order valence-electron chi connectivity index (χ2n) is 3.89. The maximum Gasteiger partial charge on any atom is 0.138 e. The zero-order chi connectivity index (χ0) is 13.1. The number of para-hydroxylation sites is 1. The van der Waals surface area contributed by atoms with Gasteiger partial charge in [0.2, 0.25) is 0 Å². The number of aryl methyl sites for hydroxylation is 1. The van der Waals surface area contributed by atoms with Gasteiger partial charge in [-0.15, -0.1) is 0 Å². The van der Waals surface area contributed by atoms with E-state index in [-0.39, 0.29) is 5.75 Å². The zero-order valence-corrected chi connectivity index (χ0v) is 13.4. The molecule has 0 heterocycles. The molecular formula is C14H11BrINO. The second kappa shape index (κ2) is 5.84. The van der Waals surface area contributed by atoms with Gasteiger partial charge in [-0.1, -0.05) is 12.1 Å². The maximum absolute atomic E-state index is 9.93. The quantitative estimate of drug-likeness (QED) is 0.553. The van der Waals surface area contributed by atoms with Gasteiger partial charge in [0.15, 0.2) is 0 Å². The van der Waals surface area contributed by atoms with Gasteiger partial charge in [0.05, 0.1) is 10.2 Å². The number of phenols is 1. The van der Waals surface area contributed by atoms with Crippen molar-refractivity contribution in [3.63, 3.8) is 0 Å². The first-order valence-corrected chi connectivity index (χ1v) is 7.23. The molecule has 2 aromatic rings. The molecule has 0 radical (unpaired) electrons. The summed E-state index contributed by atoms with van der Waals surface area (Å²) in [6, 6.07) is 11.6. The summed E-state index contributed by atoms with van der Waals surface area (Å²) in [4.78, 5) is 4.41. The number of aliphatic imine (C=N–C) groups is 1. The molecule has 2 nitrogen and oxygen atoms in total. The highest BCUT2D eigenvalue weighted by atomic mass is 127. The highest BCUT2D eigenvalue weighted by molar-refractivity contribution is 14.1. The predicted octanol–water partition coefficient (Wildman–Crippen LogP) is 4.82. The summed E-state index contributed by atoms with van der Waals surface area (Å²) < 4.78 is 1.77. The number of benzene rings is 2. The summed E-state index contributed by atoms with van der Waals surface area (Å²) in [5.74, 6) is 0.218. The number of hydrogen-bond donors (Lipinski definition) is 1. The Morgan fingerprint density at radius 1 is 1.28 bits per heavy atom. The number of phenolic OH excluding ortho intramolecular Hbond substituents is 1. The normalized spacial score (nSPS) is 11.1. The van der Waals surface area contributed by atoms with Crippen molar-refractivity contribution in [3.8, 4) is 5.75 Å². The monoisotopic (exact) mass is 415 g/mol. The molecule has 0 saturated heterocycles. The van der Waals surface area contributed by atoms with Crippen LogP contribution in [0.1, 0.15) is 11.1 Å². The Labute approximate surface area is 128 Å². The van der Waals surface area contributed by atoms with Gasteiger partial charge in [-0.3, -0.25) is 4.99 Å². The third-order valence-electron chi connectivity index (χ3n) is 2.43. The predicted molar refractivity (Wildman–Crippen MR) is 87.0 cm³/mol. The summed E-state index contributed by atoms with van der Waals surface area (Å²) in [6.45, 7) is 1.98. The molecular weight excluding hydrogens is 405 g/mol. The standard InChI is InChI=1S/C14H11BrINO/c1-9-6-10(14(18)11(15)7-9)8-17-13-5-3-2-4-12(13)16/h2-8,18H,1H3. The average molecular weight is 416 g/mol. The van der Waals surface area contributed by atoms with Crippen LogP contribution in [-0.2, 0) is 0 Å². The van der Waals surface area contributed by atoms with Crippen molar-refractivity contribution >= 4 is 50.4 Å². The molecule has 0 saturated carbocycles. The lowest BCUT2D eigenvalue weighted by Gasteiger charge is -2.04. The Morgan fingerprint density at radius 2 is 2.00 bits per heavy atom. The number of hydrogen-bond acceptors (Lipinski definition) is 2. The van der Waals surface area contributed by atoms with E-state index >= 15 is 0 Å². The highest BCUT2D eigenvalue weighted by Gasteiger charge is 2.04. The van der Waals surface area contributed by atoms with Crippen molar-refractivity contribution in [1.82, 2.24) is 0 Å². The number of aromatic hydroxyl groups is 1. The minimum Gasteiger partial charge on any atom is -0.506 e. The first-order valence-electron chi connectivity index (χ1n) is 5.35. The molecule has 0 spiro atoms. The molecule has 0 aliphatic heterocycles. The van der Waals surface area contributed by atoms with E-state index in [2.05, 4.69) is 43.5 Å². The fourth-order valence-electron chi connectivity index (χ4n) is 1.56. The van der Waals surface area contributed by atoms with Crippen LogP contribution in [0.2, 0.25) is 0 Å². The fraction of sp³-hybridized carbons (Fsp3) is 0.0714. The molecule has 2 aromatic carbocycles. The molecule has 0 unspecified atom stereocenters. The van der Waals surface area contributed by atoms with E-state index in [1.807, 2.05) is 43.3 Å². The van der Waals surface area contributed by atoms with E-state index in [0.717, 1.165) is 14.8 Å². The third kappa shape index (κ3) is 3.11. The van der Waals surface area contributed by atoms with Gasteiger partial charge in [-0.2, -0.15) is 0 Å². The molecule has 0 fully saturated rings. The van der Waals surface area contributed by atoms with E-state index in [4.69, 9.17) is 0 Å². The van der Waals surface area contributed by atoms with Crippen molar-refractivity contribution in [1.29, 1.82) is 0 Å². The lowest BCUT2D eigenvalue weighted by molar-refractivity contribution is 0.471. The Balaban J connectivity index is 2.38. The van der Waals surface area contributed by atoms with Gasteiger partial charge in [0, 0.05) is 15.3 Å². The smallest absolute Gasteiger partial charge is 0.138 e. The van der Waals surface area contributed by atoms with Crippen LogP contribution in [0.15, 0.2) is 45.9 Å². The maximum atomic E-state index is 9.93. The first-order chi connectivity index (χ1) is 8.58. The van der Waals surface area contributed by atoms with Gasteiger partial charge < -0.3 is 5.11 Å². The van der Waals surface area contributed by atoms with Gasteiger partial charge in [-0.05, 0) is 75.3 Å². The Hall–Kier alpha value is -0.880. The number of rotatable bonds is 2. The molecule has 1 N–H and O–H groups in total. The Kier molecular flexibility index (Phi) is 4.40. The van der Waals surface area contributed by atoms with Crippen LogP contribution in [0.3, 0.4) is 0 Å². The van der Waals surface area contributed by atoms with E-state index < -0.39 is 0 Å². The molecule has 18 heavy (non-hydrogen) atoms. The number of nitrogens with zero attached hydrogens (tertiary/aromatic N) is 1. The molecule has 0 atom stereocenters. The van der Waals surface area contributed by atoms with Gasteiger partial charge >= 0.3 is 0 Å². The van der Waals surface area contributed by atoms with Gasteiger partial charge in [-0.25, -0.2) is 0 Å². The van der Waals surface area contributed by atoms with Gasteiger partial charge in [0.25, 0.3) is 0 Å². The topological polar surface area (TPSA) is 32.6 Å². The van der Waals surface area contributed by atoms with Crippen molar-refractivity contribution in [3.05, 3.63) is 55.6 Å². The molecule has 0 aliphatic carbocycles. The first kappa shape index (κ1) is 13.5. The van der Waals surface area contributed by atoms with Crippen LogP contribution in [0, 0.1) is 10.5 Å². The summed E-state index contributed by atoms with van der Waals surface area (Å²) in [6.07, 6.45) is 1.69. The summed E-state index contributed by atoms with van der Waals surface area (Å²) in [5, 5.41) is 9.93. The van der Waals surface area contributed by atoms with Crippen LogP contribution in [0.5, 0.6) is 5.75 Å². The minimum atomic E-state index is 0.218. The van der Waals surface area contributed by atoms with E-state index in [1.54, 1.807) is 6.21 Å². The highest BCUT2D eigenvalue weighted by Crippen LogP contribution is 2.29. The Bertz CT molecular complexity index is 611. The van der Waals surface area contributed by atoms with E-state index in [0.29, 0.717) is 10.0 Å². The Morgan fingerprint density at radius 3 is 2.72 bits per heavy atom. The summed E-state index contributed by atoms with van der Waals surface area (Å²) in [5.41, 5.74) is 2.68. The van der Waals surface area contributed by atoms with Crippen LogP contribution < -0.4 is 0 Å². The van der Waals surface area contributed by atoms with E-state index in [9.17, 15) is 5.11 Å². The molecule has 0 aliphatic rings. The second-order valence-corrected chi connectivity index (χ2v) is 5.91. The zero-order valence-electron chi connectivity index (χ0n) is 9.69. The van der Waals surface area contributed by atoms with Crippen LogP contribution in [0.4, 0.5) is 5.69 Å². The van der Waals surface area contributed by atoms with E-state index in [1.165, 1.54) is 0 Å². The molecule has 0 amide bonds. The molecule has 92 valence electrons. The van der Waals surface area contributed by atoms with Crippen molar-refractivity contribution in [2.75, 3.05) is 0 Å². The van der Waals surface area contributed by atoms with Crippen molar-refractivity contribution in [2.45, 2.75) is 6.92 Å². The lowest BCUT2D eigenvalue weighted by atomic mass is 10.1. The van der Waals surface area contributed by atoms with Gasteiger partial charge in [0.1, 0.15) is 5.75 Å². The summed E-state index contributed by atoms with van der Waals surface area (Å²) >= 11 is 5.56. The summed E-state index contributed by atoms with van der Waals surface area (Å²) in [7, 11) is 0. The fourth-order valence-corrected chi connectivity index (χ4v) is 2.67. The van der Waals surface area contributed by atoms with Crippen LogP contribution in [-0.4, -0.2) is 11.3 Å². The van der Waals surface area contributed by atoms with Crippen molar-refractivity contribution in [2.24, 2.45) is 4.99 Å². The largest absolute Gasteiger partial charge is 0.506 e.